The molecule has 0 saturated heterocycles. The number of fused-ring (bicyclic) bond motifs is 1. The van der Waals surface area contributed by atoms with Crippen molar-refractivity contribution in [1.29, 1.82) is 0 Å². The van der Waals surface area contributed by atoms with E-state index >= 15 is 0 Å². The molecule has 2 rings (SSSR count). The summed E-state index contributed by atoms with van der Waals surface area (Å²) in [6.45, 7) is 22.8. The van der Waals surface area contributed by atoms with Crippen LogP contribution >= 0.6 is 0 Å². The molecule has 0 amide bonds. The number of hydrogen-bond donors (Lipinski definition) is 0. The third kappa shape index (κ3) is 4.34. The van der Waals surface area contributed by atoms with Gasteiger partial charge in [-0.3, -0.25) is 0 Å². The standard InChI is InChI=1S/C22H36O2Si2/c1-21(2,3)25(7,8)23-19-15-17-13-11-12-14-18(17)16-20(19)24-26(9,10)22(4,5)6/h11-16H,1-10H3. The third-order valence-electron chi connectivity index (χ3n) is 6.15. The summed E-state index contributed by atoms with van der Waals surface area (Å²) in [5.41, 5.74) is 0. The Morgan fingerprint density at radius 1 is 0.615 bits per heavy atom. The SMILES string of the molecule is CC(C)(C)[Si](C)(C)Oc1cc2ccccc2cc1O[Si](C)(C)C(C)(C)C. The summed E-state index contributed by atoms with van der Waals surface area (Å²) in [6, 6.07) is 12.8. The van der Waals surface area contributed by atoms with E-state index in [2.05, 4.69) is 104 Å². The molecule has 0 saturated carbocycles. The molecule has 0 bridgehead atoms. The number of hydrogen-bond acceptors (Lipinski definition) is 2. The summed E-state index contributed by atoms with van der Waals surface area (Å²) in [7, 11) is -3.90. The summed E-state index contributed by atoms with van der Waals surface area (Å²) < 4.78 is 13.4. The van der Waals surface area contributed by atoms with Crippen LogP contribution in [0, 0.1) is 0 Å². The number of benzene rings is 2. The molecule has 0 aliphatic heterocycles. The van der Waals surface area contributed by atoms with Crippen molar-refractivity contribution in [3.63, 3.8) is 0 Å². The minimum atomic E-state index is -1.95. The third-order valence-corrected chi connectivity index (χ3v) is 14.8. The van der Waals surface area contributed by atoms with Gasteiger partial charge in [-0.1, -0.05) is 65.8 Å². The first-order valence-electron chi connectivity index (χ1n) is 9.55. The molecule has 0 N–H and O–H groups in total. The predicted octanol–water partition coefficient (Wildman–Crippen LogP) is 7.61. The minimum absolute atomic E-state index is 0.146. The van der Waals surface area contributed by atoms with E-state index in [9.17, 15) is 0 Å². The molecule has 144 valence electrons. The van der Waals surface area contributed by atoms with Crippen molar-refractivity contribution in [2.75, 3.05) is 0 Å². The summed E-state index contributed by atoms with van der Waals surface area (Å²) >= 11 is 0. The van der Waals surface area contributed by atoms with Gasteiger partial charge in [-0.2, -0.15) is 0 Å². The highest BCUT2D eigenvalue weighted by Gasteiger charge is 2.42. The molecule has 0 atom stereocenters. The van der Waals surface area contributed by atoms with Gasteiger partial charge < -0.3 is 8.85 Å². The van der Waals surface area contributed by atoms with E-state index in [4.69, 9.17) is 8.85 Å². The fourth-order valence-corrected chi connectivity index (χ4v) is 4.24. The van der Waals surface area contributed by atoms with Gasteiger partial charge in [0.2, 0.25) is 0 Å². The van der Waals surface area contributed by atoms with E-state index in [0.29, 0.717) is 0 Å². The summed E-state index contributed by atoms with van der Waals surface area (Å²) in [5.74, 6) is 1.81. The molecule has 0 aliphatic carbocycles. The van der Waals surface area contributed by atoms with Crippen LogP contribution in [0.1, 0.15) is 41.5 Å². The van der Waals surface area contributed by atoms with Crippen LogP contribution in [0.15, 0.2) is 36.4 Å². The predicted molar refractivity (Wildman–Crippen MR) is 120 cm³/mol. The Labute approximate surface area is 162 Å². The zero-order valence-corrected chi connectivity index (χ0v) is 20.3. The molecule has 2 aromatic rings. The van der Waals surface area contributed by atoms with Crippen LogP contribution in [0.3, 0.4) is 0 Å². The molecule has 4 heteroatoms. The quantitative estimate of drug-likeness (QED) is 0.502. The lowest BCUT2D eigenvalue weighted by molar-refractivity contribution is 0.441. The molecule has 26 heavy (non-hydrogen) atoms. The zero-order valence-electron chi connectivity index (χ0n) is 18.3. The lowest BCUT2D eigenvalue weighted by Gasteiger charge is -2.39. The fraction of sp³-hybridized carbons (Fsp3) is 0.545. The lowest BCUT2D eigenvalue weighted by Crippen LogP contribution is -2.45. The van der Waals surface area contributed by atoms with Gasteiger partial charge in [-0.15, -0.1) is 0 Å². The molecular weight excluding hydrogens is 352 g/mol. The maximum Gasteiger partial charge on any atom is 0.250 e. The summed E-state index contributed by atoms with van der Waals surface area (Å²) in [5, 5.41) is 2.69. The summed E-state index contributed by atoms with van der Waals surface area (Å²) in [4.78, 5) is 0. The maximum atomic E-state index is 6.70. The number of rotatable bonds is 4. The lowest BCUT2D eigenvalue weighted by atomic mass is 10.1. The zero-order chi connectivity index (χ0) is 20.0. The fourth-order valence-electron chi connectivity index (χ4n) is 2.21. The van der Waals surface area contributed by atoms with Gasteiger partial charge in [0.05, 0.1) is 0 Å². The van der Waals surface area contributed by atoms with Crippen LogP contribution in [0.25, 0.3) is 10.8 Å². The Hall–Kier alpha value is -1.27. The van der Waals surface area contributed by atoms with Crippen LogP contribution in [0.2, 0.25) is 36.3 Å². The molecule has 0 aromatic heterocycles. The van der Waals surface area contributed by atoms with Gasteiger partial charge in [-0.05, 0) is 59.2 Å². The highest BCUT2D eigenvalue weighted by molar-refractivity contribution is 6.75. The molecule has 0 spiro atoms. The second-order valence-corrected chi connectivity index (χ2v) is 19.8. The molecule has 0 heterocycles. The van der Waals surface area contributed by atoms with E-state index < -0.39 is 16.6 Å². The molecule has 0 fully saturated rings. The Morgan fingerprint density at radius 3 is 1.19 bits per heavy atom. The van der Waals surface area contributed by atoms with Crippen LogP contribution in [0.4, 0.5) is 0 Å². The van der Waals surface area contributed by atoms with E-state index in [1.165, 1.54) is 10.8 Å². The van der Waals surface area contributed by atoms with Gasteiger partial charge in [0.15, 0.2) is 0 Å². The van der Waals surface area contributed by atoms with E-state index in [1.807, 2.05) is 0 Å². The monoisotopic (exact) mass is 388 g/mol. The molecule has 0 unspecified atom stereocenters. The van der Waals surface area contributed by atoms with Gasteiger partial charge in [0.1, 0.15) is 11.5 Å². The topological polar surface area (TPSA) is 18.5 Å². The second-order valence-electron chi connectivity index (χ2n) is 10.4. The van der Waals surface area contributed by atoms with E-state index in [1.54, 1.807) is 0 Å². The smallest absolute Gasteiger partial charge is 0.250 e. The van der Waals surface area contributed by atoms with Crippen molar-refractivity contribution >= 4 is 27.4 Å². The largest absolute Gasteiger partial charge is 0.541 e. The van der Waals surface area contributed by atoms with Gasteiger partial charge in [-0.25, -0.2) is 0 Å². The Morgan fingerprint density at radius 2 is 0.923 bits per heavy atom. The van der Waals surface area contributed by atoms with Crippen molar-refractivity contribution in [3.05, 3.63) is 36.4 Å². The van der Waals surface area contributed by atoms with Crippen LogP contribution < -0.4 is 8.85 Å². The minimum Gasteiger partial charge on any atom is -0.541 e. The average molecular weight is 389 g/mol. The molecule has 0 aliphatic rings. The van der Waals surface area contributed by atoms with Gasteiger partial charge >= 0.3 is 0 Å². The van der Waals surface area contributed by atoms with Crippen LogP contribution in [-0.2, 0) is 0 Å². The van der Waals surface area contributed by atoms with Gasteiger partial charge in [0, 0.05) is 0 Å². The van der Waals surface area contributed by atoms with Crippen molar-refractivity contribution in [3.8, 4) is 11.5 Å². The Bertz CT molecular complexity index is 714. The molecule has 2 nitrogen and oxygen atoms in total. The summed E-state index contributed by atoms with van der Waals surface area (Å²) in [6.07, 6.45) is 0. The average Bonchev–Trinajstić information content (AvgIpc) is 2.44. The maximum absolute atomic E-state index is 6.70. The van der Waals surface area contributed by atoms with E-state index in [0.717, 1.165) is 11.5 Å². The van der Waals surface area contributed by atoms with Crippen molar-refractivity contribution in [2.45, 2.75) is 77.8 Å². The first kappa shape index (κ1) is 21.0. The molecule has 2 aromatic carbocycles. The van der Waals surface area contributed by atoms with Crippen LogP contribution in [0.5, 0.6) is 11.5 Å². The Balaban J connectivity index is 2.56. The first-order valence-corrected chi connectivity index (χ1v) is 15.4. The molecular formula is C22H36O2Si2. The van der Waals surface area contributed by atoms with Crippen molar-refractivity contribution in [1.82, 2.24) is 0 Å². The van der Waals surface area contributed by atoms with E-state index in [-0.39, 0.29) is 10.1 Å². The van der Waals surface area contributed by atoms with Crippen molar-refractivity contribution < 1.29 is 8.85 Å². The van der Waals surface area contributed by atoms with Crippen LogP contribution in [-0.4, -0.2) is 16.6 Å². The first-order chi connectivity index (χ1) is 11.6. The normalized spacial score (nSPS) is 13.8. The molecule has 0 radical (unpaired) electrons. The van der Waals surface area contributed by atoms with Crippen molar-refractivity contribution in [2.24, 2.45) is 0 Å². The highest BCUT2D eigenvalue weighted by atomic mass is 28.4. The Kier molecular flexibility index (Phi) is 5.44. The highest BCUT2D eigenvalue weighted by Crippen LogP contribution is 2.44. The van der Waals surface area contributed by atoms with Gasteiger partial charge in [0.25, 0.3) is 16.6 Å². The second kappa shape index (κ2) is 6.72.